The summed E-state index contributed by atoms with van der Waals surface area (Å²) in [5.41, 5.74) is 6.34. The molecule has 1 aromatic carbocycles. The molecular formula is C24H25F2N5O5S. The van der Waals surface area contributed by atoms with Gasteiger partial charge >= 0.3 is 6.09 Å². The van der Waals surface area contributed by atoms with Crippen molar-refractivity contribution in [2.75, 3.05) is 37.9 Å². The van der Waals surface area contributed by atoms with Gasteiger partial charge in [0.1, 0.15) is 35.6 Å². The Balaban J connectivity index is 1.70. The highest BCUT2D eigenvalue weighted by Gasteiger charge is 2.17. The van der Waals surface area contributed by atoms with Crippen LogP contribution in [-0.2, 0) is 20.2 Å². The molecule has 3 heterocycles. The number of carbonyl (C=O) groups excluding carboxylic acids is 1. The molecule has 4 rings (SSSR count). The quantitative estimate of drug-likeness (QED) is 0.509. The number of rotatable bonds is 4. The van der Waals surface area contributed by atoms with Crippen molar-refractivity contribution < 1.29 is 32.0 Å². The van der Waals surface area contributed by atoms with E-state index in [9.17, 15) is 17.8 Å². The Kier molecular flexibility index (Phi) is 8.14. The van der Waals surface area contributed by atoms with Gasteiger partial charge in [-0.25, -0.2) is 22.8 Å². The van der Waals surface area contributed by atoms with Gasteiger partial charge in [0.2, 0.25) is 5.88 Å². The normalized spacial score (nSPS) is 14.5. The lowest BCUT2D eigenvalue weighted by atomic mass is 10.0. The number of hydrogen-bond donors (Lipinski definition) is 2. The molecule has 37 heavy (non-hydrogen) atoms. The molecule has 0 radical (unpaired) electrons. The van der Waals surface area contributed by atoms with Gasteiger partial charge in [0, 0.05) is 42.5 Å². The van der Waals surface area contributed by atoms with Gasteiger partial charge in [-0.05, 0) is 29.8 Å². The zero-order valence-corrected chi connectivity index (χ0v) is 20.7. The Morgan fingerprint density at radius 1 is 1.16 bits per heavy atom. The summed E-state index contributed by atoms with van der Waals surface area (Å²) in [5.74, 6) is -0.290. The van der Waals surface area contributed by atoms with Gasteiger partial charge in [0.15, 0.2) is 0 Å². The Bertz CT molecular complexity index is 1430. The van der Waals surface area contributed by atoms with E-state index in [-0.39, 0.29) is 60.9 Å². The zero-order valence-electron chi connectivity index (χ0n) is 19.9. The summed E-state index contributed by atoms with van der Waals surface area (Å²) in [6, 6.07) is 8.48. The Labute approximate surface area is 212 Å². The summed E-state index contributed by atoms with van der Waals surface area (Å²) >= 11 is 0. The number of carbonyl (C=O) groups is 1. The molecule has 0 spiro atoms. The first-order valence-corrected chi connectivity index (χ1v) is 13.4. The summed E-state index contributed by atoms with van der Waals surface area (Å²) in [5, 5.41) is 2.99. The highest BCUT2D eigenvalue weighted by atomic mass is 32.2. The first-order chi connectivity index (χ1) is 17.7. The standard InChI is InChI=1S/C24H25F2N5O5S/c1-37(33,31-24(32)36-8-5-27)14-15-9-22-29-21-12-18(19(26)13-28-21)17-4-3-16(25)11-20(17)34-6-2-7-35-23(10-15)30-22/h3-4,9-13H,2,5-8,14,27H2,1H3,(H,28,29,30). The van der Waals surface area contributed by atoms with Crippen molar-refractivity contribution in [1.82, 2.24) is 9.97 Å². The minimum Gasteiger partial charge on any atom is -0.493 e. The molecular weight excluding hydrogens is 508 g/mol. The number of pyridine rings is 2. The van der Waals surface area contributed by atoms with Crippen LogP contribution >= 0.6 is 0 Å². The van der Waals surface area contributed by atoms with Crippen molar-refractivity contribution >= 4 is 27.5 Å². The topological polar surface area (TPSA) is 138 Å². The maximum Gasteiger partial charge on any atom is 0.441 e. The third-order valence-corrected chi connectivity index (χ3v) is 6.45. The maximum absolute atomic E-state index is 14.7. The number of halogens is 2. The van der Waals surface area contributed by atoms with Gasteiger partial charge in [-0.3, -0.25) is 0 Å². The van der Waals surface area contributed by atoms with Crippen LogP contribution in [-0.4, -0.2) is 52.9 Å². The number of fused-ring (bicyclic) bond motifs is 6. The summed E-state index contributed by atoms with van der Waals surface area (Å²) in [4.78, 5) is 20.3. The minimum atomic E-state index is -3.01. The summed E-state index contributed by atoms with van der Waals surface area (Å²) in [6.07, 6.45) is 1.83. The van der Waals surface area contributed by atoms with Crippen molar-refractivity contribution in [3.8, 4) is 22.8 Å². The van der Waals surface area contributed by atoms with Crippen molar-refractivity contribution in [2.24, 2.45) is 10.1 Å². The fourth-order valence-corrected chi connectivity index (χ4v) is 4.77. The number of nitrogens with two attached hydrogens (primary N) is 1. The van der Waals surface area contributed by atoms with Crippen LogP contribution < -0.4 is 20.5 Å². The highest BCUT2D eigenvalue weighted by Crippen LogP contribution is 2.34. The second kappa shape index (κ2) is 11.5. The molecule has 0 fully saturated rings. The highest BCUT2D eigenvalue weighted by molar-refractivity contribution is 7.92. The molecule has 0 saturated carbocycles. The Morgan fingerprint density at radius 2 is 1.97 bits per heavy atom. The van der Waals surface area contributed by atoms with E-state index in [1.165, 1.54) is 30.5 Å². The first-order valence-electron chi connectivity index (χ1n) is 11.3. The van der Waals surface area contributed by atoms with Crippen molar-refractivity contribution in [2.45, 2.75) is 12.2 Å². The van der Waals surface area contributed by atoms with E-state index in [4.69, 9.17) is 19.9 Å². The van der Waals surface area contributed by atoms with Crippen LogP contribution in [0.25, 0.3) is 11.1 Å². The summed E-state index contributed by atoms with van der Waals surface area (Å²) in [7, 11) is -3.01. The van der Waals surface area contributed by atoms with E-state index in [0.717, 1.165) is 6.20 Å². The molecule has 3 N–H and O–H groups in total. The largest absolute Gasteiger partial charge is 0.493 e. The van der Waals surface area contributed by atoms with Crippen LogP contribution in [0, 0.1) is 11.6 Å². The van der Waals surface area contributed by atoms with Crippen LogP contribution in [0.2, 0.25) is 0 Å². The van der Waals surface area contributed by atoms with Crippen LogP contribution in [0.5, 0.6) is 11.6 Å². The number of aromatic nitrogens is 2. The van der Waals surface area contributed by atoms with E-state index in [1.807, 2.05) is 0 Å². The monoisotopic (exact) mass is 533 g/mol. The van der Waals surface area contributed by atoms with Gasteiger partial charge in [-0.2, -0.15) is 4.98 Å². The Hall–Kier alpha value is -3.84. The summed E-state index contributed by atoms with van der Waals surface area (Å²) < 4.78 is 61.5. The predicted octanol–water partition coefficient (Wildman–Crippen LogP) is 4.02. The number of amides is 1. The van der Waals surface area contributed by atoms with E-state index in [0.29, 0.717) is 17.5 Å². The molecule has 4 bridgehead atoms. The fourth-order valence-electron chi connectivity index (χ4n) is 3.55. The fraction of sp³-hybridized carbons (Fsp3) is 0.292. The summed E-state index contributed by atoms with van der Waals surface area (Å²) in [6.45, 7) is 0.469. The van der Waals surface area contributed by atoms with E-state index in [1.54, 1.807) is 12.1 Å². The molecule has 2 aromatic heterocycles. The average Bonchev–Trinajstić information content (AvgIpc) is 2.83. The van der Waals surface area contributed by atoms with E-state index in [2.05, 4.69) is 19.6 Å². The van der Waals surface area contributed by atoms with Gasteiger partial charge in [0.05, 0.1) is 34.9 Å². The predicted molar refractivity (Wildman–Crippen MR) is 133 cm³/mol. The minimum absolute atomic E-state index is 0.0328. The molecule has 1 amide bonds. The van der Waals surface area contributed by atoms with E-state index < -0.39 is 27.5 Å². The molecule has 1 aliphatic rings. The second-order valence-corrected chi connectivity index (χ2v) is 10.6. The smallest absolute Gasteiger partial charge is 0.441 e. The third kappa shape index (κ3) is 7.11. The van der Waals surface area contributed by atoms with Crippen LogP contribution in [0.3, 0.4) is 0 Å². The molecule has 13 heteroatoms. The SMILES string of the molecule is CS(=O)(Cc1cc2nc(c1)OCCCOc1cc(F)ccc1-c1cc(ncc1F)N2)=NC(=O)OCCN. The number of benzene rings is 1. The molecule has 10 nitrogen and oxygen atoms in total. The lowest BCUT2D eigenvalue weighted by Gasteiger charge is -2.16. The van der Waals surface area contributed by atoms with Crippen molar-refractivity contribution in [3.05, 3.63) is 59.8 Å². The zero-order chi connectivity index (χ0) is 26.4. The van der Waals surface area contributed by atoms with Crippen LogP contribution in [0.1, 0.15) is 12.0 Å². The molecule has 1 aliphatic heterocycles. The number of hydrogen-bond acceptors (Lipinski definition) is 9. The van der Waals surface area contributed by atoms with Crippen molar-refractivity contribution in [1.29, 1.82) is 0 Å². The Morgan fingerprint density at radius 3 is 2.78 bits per heavy atom. The first kappa shape index (κ1) is 26.2. The molecule has 3 aromatic rings. The van der Waals surface area contributed by atoms with Gasteiger partial charge in [-0.1, -0.05) is 0 Å². The van der Waals surface area contributed by atoms with Crippen LogP contribution in [0.4, 0.5) is 25.2 Å². The molecule has 0 saturated heterocycles. The average molecular weight is 534 g/mol. The van der Waals surface area contributed by atoms with Crippen LogP contribution in [0.15, 0.2) is 47.0 Å². The number of ether oxygens (including phenoxy) is 3. The number of nitrogens with zero attached hydrogens (tertiary/aromatic N) is 3. The van der Waals surface area contributed by atoms with E-state index >= 15 is 0 Å². The molecule has 1 unspecified atom stereocenters. The second-order valence-electron chi connectivity index (χ2n) is 8.16. The number of nitrogens with one attached hydrogen (secondary N) is 1. The van der Waals surface area contributed by atoms with Gasteiger partial charge in [0.25, 0.3) is 0 Å². The van der Waals surface area contributed by atoms with Crippen molar-refractivity contribution in [3.63, 3.8) is 0 Å². The lowest BCUT2D eigenvalue weighted by Crippen LogP contribution is -2.13. The molecule has 1 atom stereocenters. The van der Waals surface area contributed by atoms with Gasteiger partial charge in [-0.15, -0.1) is 4.36 Å². The van der Waals surface area contributed by atoms with Gasteiger partial charge < -0.3 is 25.3 Å². The lowest BCUT2D eigenvalue weighted by molar-refractivity contribution is 0.161. The molecule has 196 valence electrons. The molecule has 0 aliphatic carbocycles. The third-order valence-electron chi connectivity index (χ3n) is 5.05. The maximum atomic E-state index is 14.7. The number of anilines is 2.